The number of methoxy groups -OCH3 is 1. The SMILES string of the molecule is COCC(O)CNc1nnc(Cl)c2ncccc12. The summed E-state index contributed by atoms with van der Waals surface area (Å²) in [6.07, 6.45) is 1.03. The molecule has 6 nitrogen and oxygen atoms in total. The van der Waals surface area contributed by atoms with Gasteiger partial charge in [-0.05, 0) is 12.1 Å². The third-order valence-electron chi connectivity index (χ3n) is 2.36. The number of hydrogen-bond acceptors (Lipinski definition) is 6. The summed E-state index contributed by atoms with van der Waals surface area (Å²) in [7, 11) is 1.53. The quantitative estimate of drug-likeness (QED) is 0.845. The van der Waals surface area contributed by atoms with E-state index in [-0.39, 0.29) is 11.8 Å². The maximum Gasteiger partial charge on any atom is 0.178 e. The van der Waals surface area contributed by atoms with Gasteiger partial charge < -0.3 is 15.2 Å². The molecule has 1 atom stereocenters. The fraction of sp³-hybridized carbons (Fsp3) is 0.364. The van der Waals surface area contributed by atoms with Crippen molar-refractivity contribution in [2.24, 2.45) is 0 Å². The van der Waals surface area contributed by atoms with Crippen LogP contribution < -0.4 is 5.32 Å². The zero-order valence-corrected chi connectivity index (χ0v) is 10.6. The molecule has 0 aromatic carbocycles. The normalized spacial score (nSPS) is 12.6. The summed E-state index contributed by atoms with van der Waals surface area (Å²) < 4.78 is 4.84. The number of anilines is 1. The van der Waals surface area contributed by atoms with Crippen LogP contribution in [0.4, 0.5) is 5.82 Å². The minimum absolute atomic E-state index is 0.254. The molecular weight excluding hydrogens is 256 g/mol. The summed E-state index contributed by atoms with van der Waals surface area (Å²) in [5.41, 5.74) is 0.581. The zero-order chi connectivity index (χ0) is 13.0. The highest BCUT2D eigenvalue weighted by Gasteiger charge is 2.10. The molecule has 2 rings (SSSR count). The molecule has 1 unspecified atom stereocenters. The molecule has 0 aliphatic rings. The molecular formula is C11H13ClN4O2. The number of rotatable bonds is 5. The lowest BCUT2D eigenvalue weighted by Gasteiger charge is -2.12. The number of nitrogens with one attached hydrogen (secondary N) is 1. The van der Waals surface area contributed by atoms with Gasteiger partial charge >= 0.3 is 0 Å². The average Bonchev–Trinajstić information content (AvgIpc) is 2.39. The topological polar surface area (TPSA) is 80.2 Å². The van der Waals surface area contributed by atoms with Crippen LogP contribution in [0, 0.1) is 0 Å². The monoisotopic (exact) mass is 268 g/mol. The summed E-state index contributed by atoms with van der Waals surface area (Å²) in [4.78, 5) is 4.14. The predicted octanol–water partition coefficient (Wildman–Crippen LogP) is 1.10. The van der Waals surface area contributed by atoms with Gasteiger partial charge in [-0.15, -0.1) is 10.2 Å². The Morgan fingerprint density at radius 2 is 2.33 bits per heavy atom. The zero-order valence-electron chi connectivity index (χ0n) is 9.80. The van der Waals surface area contributed by atoms with Crippen LogP contribution in [0.2, 0.25) is 5.15 Å². The Labute approximate surface area is 109 Å². The Bertz CT molecular complexity index is 537. The Morgan fingerprint density at radius 1 is 1.50 bits per heavy atom. The van der Waals surface area contributed by atoms with Gasteiger partial charge in [-0.25, -0.2) is 0 Å². The van der Waals surface area contributed by atoms with Crippen molar-refractivity contribution >= 4 is 28.3 Å². The van der Waals surface area contributed by atoms with E-state index in [0.29, 0.717) is 17.9 Å². The van der Waals surface area contributed by atoms with Gasteiger partial charge in [0.25, 0.3) is 0 Å². The Hall–Kier alpha value is -1.50. The molecule has 18 heavy (non-hydrogen) atoms. The molecule has 7 heteroatoms. The van der Waals surface area contributed by atoms with Crippen molar-refractivity contribution in [1.82, 2.24) is 15.2 Å². The first-order valence-electron chi connectivity index (χ1n) is 5.40. The molecule has 0 saturated carbocycles. The Kier molecular flexibility index (Phi) is 4.24. The van der Waals surface area contributed by atoms with E-state index in [2.05, 4.69) is 20.5 Å². The molecule has 0 amide bonds. The number of pyridine rings is 1. The Morgan fingerprint density at radius 3 is 3.11 bits per heavy atom. The highest BCUT2D eigenvalue weighted by atomic mass is 35.5. The molecule has 0 saturated heterocycles. The lowest BCUT2D eigenvalue weighted by Crippen LogP contribution is -2.24. The second kappa shape index (κ2) is 5.90. The van der Waals surface area contributed by atoms with E-state index in [1.54, 1.807) is 12.3 Å². The van der Waals surface area contributed by atoms with E-state index in [1.165, 1.54) is 7.11 Å². The van der Waals surface area contributed by atoms with Gasteiger partial charge in [-0.3, -0.25) is 4.98 Å². The maximum atomic E-state index is 9.56. The van der Waals surface area contributed by atoms with Crippen LogP contribution in [0.3, 0.4) is 0 Å². The van der Waals surface area contributed by atoms with E-state index in [0.717, 1.165) is 5.39 Å². The molecule has 0 spiro atoms. The van der Waals surface area contributed by atoms with Gasteiger partial charge in [0.15, 0.2) is 11.0 Å². The third-order valence-corrected chi connectivity index (χ3v) is 2.61. The fourth-order valence-corrected chi connectivity index (χ4v) is 1.74. The van der Waals surface area contributed by atoms with Crippen molar-refractivity contribution in [3.63, 3.8) is 0 Å². The van der Waals surface area contributed by atoms with E-state index >= 15 is 0 Å². The molecule has 2 N–H and O–H groups in total. The lowest BCUT2D eigenvalue weighted by atomic mass is 10.2. The van der Waals surface area contributed by atoms with Crippen molar-refractivity contribution in [3.05, 3.63) is 23.5 Å². The first-order chi connectivity index (χ1) is 8.72. The molecule has 96 valence electrons. The van der Waals surface area contributed by atoms with Crippen LogP contribution in [0.25, 0.3) is 10.9 Å². The Balaban J connectivity index is 2.21. The molecule has 0 radical (unpaired) electrons. The molecule has 0 aliphatic heterocycles. The number of aliphatic hydroxyl groups is 1. The molecule has 0 bridgehead atoms. The predicted molar refractivity (Wildman–Crippen MR) is 68.7 cm³/mol. The second-order valence-electron chi connectivity index (χ2n) is 3.73. The van der Waals surface area contributed by atoms with Crippen LogP contribution in [0.15, 0.2) is 18.3 Å². The summed E-state index contributed by atoms with van der Waals surface area (Å²) in [6.45, 7) is 0.568. The average molecular weight is 269 g/mol. The highest BCUT2D eigenvalue weighted by Crippen LogP contribution is 2.23. The number of hydrogen-bond donors (Lipinski definition) is 2. The van der Waals surface area contributed by atoms with Crippen molar-refractivity contribution in [2.45, 2.75) is 6.10 Å². The van der Waals surface area contributed by atoms with E-state index in [1.807, 2.05) is 6.07 Å². The minimum atomic E-state index is -0.612. The van der Waals surface area contributed by atoms with Gasteiger partial charge in [0.05, 0.1) is 12.7 Å². The van der Waals surface area contributed by atoms with Crippen molar-refractivity contribution in [2.75, 3.05) is 25.6 Å². The summed E-state index contributed by atoms with van der Waals surface area (Å²) in [5.74, 6) is 0.539. The first kappa shape index (κ1) is 12.9. The molecule has 0 aliphatic carbocycles. The van der Waals surface area contributed by atoms with Crippen molar-refractivity contribution < 1.29 is 9.84 Å². The number of ether oxygens (including phenoxy) is 1. The fourth-order valence-electron chi connectivity index (χ4n) is 1.55. The van der Waals surface area contributed by atoms with Crippen LogP contribution in [0.1, 0.15) is 0 Å². The minimum Gasteiger partial charge on any atom is -0.389 e. The maximum absolute atomic E-state index is 9.56. The highest BCUT2D eigenvalue weighted by molar-refractivity contribution is 6.33. The van der Waals surface area contributed by atoms with Gasteiger partial charge in [0, 0.05) is 25.2 Å². The summed E-state index contributed by atoms with van der Waals surface area (Å²) in [6, 6.07) is 3.63. The molecule has 2 heterocycles. The van der Waals surface area contributed by atoms with E-state index in [9.17, 15) is 5.11 Å². The smallest absolute Gasteiger partial charge is 0.178 e. The van der Waals surface area contributed by atoms with Gasteiger partial charge in [0.1, 0.15) is 5.52 Å². The third kappa shape index (κ3) is 2.84. The van der Waals surface area contributed by atoms with E-state index in [4.69, 9.17) is 16.3 Å². The van der Waals surface area contributed by atoms with Gasteiger partial charge in [-0.1, -0.05) is 11.6 Å². The van der Waals surface area contributed by atoms with Gasteiger partial charge in [0.2, 0.25) is 0 Å². The van der Waals surface area contributed by atoms with E-state index < -0.39 is 6.10 Å². The number of aromatic nitrogens is 3. The number of nitrogens with zero attached hydrogens (tertiary/aromatic N) is 3. The van der Waals surface area contributed by atoms with Crippen LogP contribution in [-0.2, 0) is 4.74 Å². The van der Waals surface area contributed by atoms with Crippen molar-refractivity contribution in [1.29, 1.82) is 0 Å². The van der Waals surface area contributed by atoms with Crippen LogP contribution in [-0.4, -0.2) is 46.7 Å². The first-order valence-corrected chi connectivity index (χ1v) is 5.78. The van der Waals surface area contributed by atoms with Gasteiger partial charge in [-0.2, -0.15) is 0 Å². The number of aliphatic hydroxyl groups excluding tert-OH is 1. The van der Waals surface area contributed by atoms with Crippen LogP contribution in [0.5, 0.6) is 0 Å². The lowest BCUT2D eigenvalue weighted by molar-refractivity contribution is 0.0727. The van der Waals surface area contributed by atoms with Crippen LogP contribution >= 0.6 is 11.6 Å². The summed E-state index contributed by atoms with van der Waals surface area (Å²) >= 11 is 5.91. The van der Waals surface area contributed by atoms with Crippen molar-refractivity contribution in [3.8, 4) is 0 Å². The molecule has 0 fully saturated rings. The number of fused-ring (bicyclic) bond motifs is 1. The molecule has 2 aromatic heterocycles. The molecule has 2 aromatic rings. The number of halogens is 1. The summed E-state index contributed by atoms with van der Waals surface area (Å²) in [5, 5.41) is 21.3. The standard InChI is InChI=1S/C11H13ClN4O2/c1-18-6-7(17)5-14-11-8-3-2-4-13-9(8)10(12)15-16-11/h2-4,7,17H,5-6H2,1H3,(H,14,16). The second-order valence-corrected chi connectivity index (χ2v) is 4.09. The largest absolute Gasteiger partial charge is 0.389 e.